The van der Waals surface area contributed by atoms with Gasteiger partial charge in [0.05, 0.1) is 17.1 Å². The van der Waals surface area contributed by atoms with Crippen molar-refractivity contribution in [2.24, 2.45) is 5.92 Å². The number of ether oxygens (including phenoxy) is 1. The van der Waals surface area contributed by atoms with Crippen LogP contribution >= 0.6 is 0 Å². The van der Waals surface area contributed by atoms with E-state index in [1.54, 1.807) is 26.3 Å². The van der Waals surface area contributed by atoms with Gasteiger partial charge in [0.25, 0.3) is 0 Å². The van der Waals surface area contributed by atoms with Crippen molar-refractivity contribution in [2.45, 2.75) is 11.3 Å². The van der Waals surface area contributed by atoms with Crippen molar-refractivity contribution in [1.82, 2.24) is 9.21 Å². The molecule has 1 unspecified atom stereocenters. The second kappa shape index (κ2) is 7.88. The largest absolute Gasteiger partial charge is 0.383 e. The normalized spacial score (nSPS) is 19.1. The number of nitrogens with zero attached hydrogens (tertiary/aromatic N) is 3. The minimum atomic E-state index is -3.64. The van der Waals surface area contributed by atoms with Gasteiger partial charge in [0.2, 0.25) is 10.0 Å². The Morgan fingerprint density at radius 3 is 2.87 bits per heavy atom. The molecule has 1 atom stereocenters. The smallest absolute Gasteiger partial charge is 0.244 e. The van der Waals surface area contributed by atoms with E-state index in [1.165, 1.54) is 16.4 Å². The Morgan fingerprint density at radius 2 is 2.17 bits per heavy atom. The van der Waals surface area contributed by atoms with E-state index in [0.29, 0.717) is 19.1 Å². The summed E-state index contributed by atoms with van der Waals surface area (Å²) in [5.41, 5.74) is 0.187. The van der Waals surface area contributed by atoms with Crippen LogP contribution in [0.2, 0.25) is 0 Å². The van der Waals surface area contributed by atoms with Crippen LogP contribution in [0.3, 0.4) is 0 Å². The molecule has 1 heterocycles. The van der Waals surface area contributed by atoms with Crippen LogP contribution in [0, 0.1) is 17.2 Å². The SMILES string of the molecule is COCCN1CCC(CN(C)S(=O)(=O)c2ccccc2C#N)C1. The highest BCUT2D eigenvalue weighted by molar-refractivity contribution is 7.89. The molecular weight excluding hydrogens is 314 g/mol. The van der Waals surface area contributed by atoms with Gasteiger partial charge in [0.15, 0.2) is 0 Å². The van der Waals surface area contributed by atoms with E-state index in [-0.39, 0.29) is 10.5 Å². The molecule has 7 heteroatoms. The topological polar surface area (TPSA) is 73.6 Å². The number of likely N-dealkylation sites (tertiary alicyclic amines) is 1. The first-order valence-electron chi connectivity index (χ1n) is 7.65. The van der Waals surface area contributed by atoms with E-state index < -0.39 is 10.0 Å². The van der Waals surface area contributed by atoms with Crippen molar-refractivity contribution >= 4 is 10.0 Å². The summed E-state index contributed by atoms with van der Waals surface area (Å²) in [6, 6.07) is 8.28. The van der Waals surface area contributed by atoms with E-state index >= 15 is 0 Å². The molecule has 0 amide bonds. The summed E-state index contributed by atoms with van der Waals surface area (Å²) in [6.45, 7) is 3.88. The van der Waals surface area contributed by atoms with Gasteiger partial charge in [-0.3, -0.25) is 0 Å². The van der Waals surface area contributed by atoms with Crippen molar-refractivity contribution in [1.29, 1.82) is 5.26 Å². The summed E-state index contributed by atoms with van der Waals surface area (Å²) in [4.78, 5) is 2.37. The second-order valence-corrected chi connectivity index (χ2v) is 7.85. The lowest BCUT2D eigenvalue weighted by atomic mass is 10.1. The van der Waals surface area contributed by atoms with Crippen LogP contribution in [0.25, 0.3) is 0 Å². The molecule has 1 fully saturated rings. The molecule has 6 nitrogen and oxygen atoms in total. The molecule has 1 aliphatic heterocycles. The molecule has 0 saturated carbocycles. The number of rotatable bonds is 7. The van der Waals surface area contributed by atoms with Crippen LogP contribution < -0.4 is 0 Å². The Balaban J connectivity index is 2.03. The third-order valence-electron chi connectivity index (χ3n) is 4.19. The Bertz CT molecular complexity index is 669. The van der Waals surface area contributed by atoms with Gasteiger partial charge in [-0.25, -0.2) is 12.7 Å². The first-order chi connectivity index (χ1) is 11.0. The summed E-state index contributed by atoms with van der Waals surface area (Å²) in [7, 11) is -0.370. The fourth-order valence-electron chi connectivity index (χ4n) is 2.90. The molecule has 23 heavy (non-hydrogen) atoms. The number of methoxy groups -OCH3 is 1. The van der Waals surface area contributed by atoms with E-state index in [1.807, 2.05) is 6.07 Å². The third kappa shape index (κ3) is 4.30. The van der Waals surface area contributed by atoms with Crippen molar-refractivity contribution < 1.29 is 13.2 Å². The summed E-state index contributed by atoms with van der Waals surface area (Å²) < 4.78 is 31.8. The van der Waals surface area contributed by atoms with Crippen molar-refractivity contribution in [3.63, 3.8) is 0 Å². The molecule has 0 bridgehead atoms. The van der Waals surface area contributed by atoms with Crippen LogP contribution in [0.4, 0.5) is 0 Å². The fourth-order valence-corrected chi connectivity index (χ4v) is 4.28. The van der Waals surface area contributed by atoms with E-state index in [4.69, 9.17) is 10.00 Å². The first-order valence-corrected chi connectivity index (χ1v) is 9.09. The van der Waals surface area contributed by atoms with Crippen molar-refractivity contribution in [3.8, 4) is 6.07 Å². The molecule has 2 rings (SSSR count). The molecular formula is C16H23N3O3S. The maximum Gasteiger partial charge on any atom is 0.244 e. The standard InChI is InChI=1S/C16H23N3O3S/c1-18(12-14-7-8-19(13-14)9-10-22-2)23(20,21)16-6-4-3-5-15(16)11-17/h3-6,14H,7-10,12-13H2,1-2H3. The van der Waals surface area contributed by atoms with Gasteiger partial charge in [0.1, 0.15) is 6.07 Å². The zero-order valence-corrected chi connectivity index (χ0v) is 14.4. The van der Waals surface area contributed by atoms with Gasteiger partial charge < -0.3 is 9.64 Å². The molecule has 1 aromatic rings. The molecule has 1 aliphatic rings. The van der Waals surface area contributed by atoms with Crippen LogP contribution in [0.15, 0.2) is 29.2 Å². The quantitative estimate of drug-likeness (QED) is 0.746. The molecule has 0 spiro atoms. The summed E-state index contributed by atoms with van der Waals surface area (Å²) in [6.07, 6.45) is 0.976. The van der Waals surface area contributed by atoms with Gasteiger partial charge in [-0.05, 0) is 31.0 Å². The number of hydrogen-bond donors (Lipinski definition) is 0. The number of nitriles is 1. The van der Waals surface area contributed by atoms with Crippen LogP contribution in [-0.2, 0) is 14.8 Å². The lowest BCUT2D eigenvalue weighted by Gasteiger charge is -2.22. The Labute approximate surface area is 138 Å². The number of sulfonamides is 1. The van der Waals surface area contributed by atoms with Gasteiger partial charge >= 0.3 is 0 Å². The van der Waals surface area contributed by atoms with Crippen molar-refractivity contribution in [3.05, 3.63) is 29.8 Å². The van der Waals surface area contributed by atoms with Gasteiger partial charge in [0, 0.05) is 33.8 Å². The second-order valence-electron chi connectivity index (χ2n) is 5.84. The molecule has 0 N–H and O–H groups in total. The van der Waals surface area contributed by atoms with E-state index in [9.17, 15) is 8.42 Å². The molecule has 126 valence electrons. The number of benzene rings is 1. The Kier molecular flexibility index (Phi) is 6.13. The lowest BCUT2D eigenvalue weighted by molar-refractivity contribution is 0.158. The zero-order valence-electron chi connectivity index (χ0n) is 13.6. The molecule has 1 saturated heterocycles. The monoisotopic (exact) mass is 337 g/mol. The van der Waals surface area contributed by atoms with Crippen molar-refractivity contribution in [2.75, 3.05) is 46.9 Å². The Hall–Kier alpha value is -1.46. The summed E-state index contributed by atoms with van der Waals surface area (Å²) in [5.74, 6) is 0.306. The molecule has 0 aromatic heterocycles. The Morgan fingerprint density at radius 1 is 1.43 bits per heavy atom. The minimum absolute atomic E-state index is 0.0826. The highest BCUT2D eigenvalue weighted by atomic mass is 32.2. The highest BCUT2D eigenvalue weighted by Gasteiger charge is 2.29. The summed E-state index contributed by atoms with van der Waals surface area (Å²) in [5, 5.41) is 9.11. The number of hydrogen-bond acceptors (Lipinski definition) is 5. The third-order valence-corrected chi connectivity index (χ3v) is 6.07. The molecule has 0 aliphatic carbocycles. The average Bonchev–Trinajstić information content (AvgIpc) is 3.00. The molecule has 0 radical (unpaired) electrons. The first kappa shape index (κ1) is 17.9. The minimum Gasteiger partial charge on any atom is -0.383 e. The maximum atomic E-state index is 12.7. The van der Waals surface area contributed by atoms with Gasteiger partial charge in [-0.1, -0.05) is 12.1 Å². The van der Waals surface area contributed by atoms with Gasteiger partial charge in [-0.15, -0.1) is 0 Å². The van der Waals surface area contributed by atoms with Crippen LogP contribution in [-0.4, -0.2) is 64.6 Å². The summed E-state index contributed by atoms with van der Waals surface area (Å²) >= 11 is 0. The van der Waals surface area contributed by atoms with Gasteiger partial charge in [-0.2, -0.15) is 5.26 Å². The fraction of sp³-hybridized carbons (Fsp3) is 0.562. The highest BCUT2D eigenvalue weighted by Crippen LogP contribution is 2.22. The average molecular weight is 337 g/mol. The zero-order chi connectivity index (χ0) is 16.9. The maximum absolute atomic E-state index is 12.7. The molecule has 1 aromatic carbocycles. The van der Waals surface area contributed by atoms with Crippen LogP contribution in [0.1, 0.15) is 12.0 Å². The predicted octanol–water partition coefficient (Wildman–Crippen LogP) is 1.15. The predicted molar refractivity (Wildman–Crippen MR) is 87.4 cm³/mol. The van der Waals surface area contributed by atoms with E-state index in [0.717, 1.165) is 26.1 Å². The van der Waals surface area contributed by atoms with Crippen LogP contribution in [0.5, 0.6) is 0 Å². The van der Waals surface area contributed by atoms with E-state index in [2.05, 4.69) is 4.90 Å². The lowest BCUT2D eigenvalue weighted by Crippen LogP contribution is -2.34.